The number of hydrogen-bond acceptors (Lipinski definition) is 4. The summed E-state index contributed by atoms with van der Waals surface area (Å²) >= 11 is 0. The van der Waals surface area contributed by atoms with Gasteiger partial charge in [0.25, 0.3) is 0 Å². The smallest absolute Gasteiger partial charge is 0.164 e. The van der Waals surface area contributed by atoms with Gasteiger partial charge in [0.05, 0.1) is 11.9 Å². The molecule has 30 heavy (non-hydrogen) atoms. The summed E-state index contributed by atoms with van der Waals surface area (Å²) < 4.78 is 1.78. The molecule has 4 aromatic rings. The molecule has 6 nitrogen and oxygen atoms in total. The number of fused-ring (bicyclic) bond motifs is 3. The van der Waals surface area contributed by atoms with E-state index in [4.69, 9.17) is 4.98 Å². The Morgan fingerprint density at radius 2 is 1.93 bits per heavy atom. The van der Waals surface area contributed by atoms with Crippen molar-refractivity contribution in [2.24, 2.45) is 7.05 Å². The number of carbonyl (C=O) groups is 1. The number of pyridine rings is 1. The number of aryl methyl sites for hydroxylation is 1. The Bertz CT molecular complexity index is 1290. The van der Waals surface area contributed by atoms with E-state index in [1.807, 2.05) is 37.8 Å². The molecule has 6 rings (SSSR count). The van der Waals surface area contributed by atoms with Crippen molar-refractivity contribution in [1.29, 1.82) is 0 Å². The third-order valence-electron chi connectivity index (χ3n) is 6.80. The summed E-state index contributed by atoms with van der Waals surface area (Å²) in [5.74, 6) is 0.292. The van der Waals surface area contributed by atoms with Crippen LogP contribution < -0.4 is 5.32 Å². The van der Waals surface area contributed by atoms with Gasteiger partial charge in [-0.3, -0.25) is 9.48 Å². The molecule has 2 aliphatic rings. The van der Waals surface area contributed by atoms with Crippen LogP contribution in [0.4, 0.5) is 0 Å². The number of hydrogen-bond donors (Lipinski definition) is 2. The van der Waals surface area contributed by atoms with Crippen LogP contribution in [0.25, 0.3) is 33.4 Å². The van der Waals surface area contributed by atoms with Gasteiger partial charge in [-0.25, -0.2) is 4.98 Å². The van der Waals surface area contributed by atoms with Gasteiger partial charge in [-0.2, -0.15) is 5.10 Å². The Kier molecular flexibility index (Phi) is 3.74. The topological polar surface area (TPSA) is 75.6 Å². The quantitative estimate of drug-likeness (QED) is 0.539. The molecule has 1 saturated heterocycles. The van der Waals surface area contributed by atoms with Crippen molar-refractivity contribution in [3.63, 3.8) is 0 Å². The predicted molar refractivity (Wildman–Crippen MR) is 116 cm³/mol. The van der Waals surface area contributed by atoms with Gasteiger partial charge in [0, 0.05) is 53.4 Å². The highest BCUT2D eigenvalue weighted by Gasteiger charge is 2.43. The highest BCUT2D eigenvalue weighted by atomic mass is 16.1. The summed E-state index contributed by atoms with van der Waals surface area (Å²) in [4.78, 5) is 20.8. The lowest BCUT2D eigenvalue weighted by atomic mass is 9.74. The number of piperidine rings is 1. The van der Waals surface area contributed by atoms with Crippen LogP contribution in [0.5, 0.6) is 0 Å². The summed E-state index contributed by atoms with van der Waals surface area (Å²) in [6.07, 6.45) is 8.52. The van der Waals surface area contributed by atoms with E-state index >= 15 is 0 Å². The number of nitrogens with zero attached hydrogens (tertiary/aromatic N) is 3. The molecule has 150 valence electrons. The molecule has 2 N–H and O–H groups in total. The number of nitrogens with one attached hydrogen (secondary N) is 2. The second-order valence-corrected chi connectivity index (χ2v) is 8.59. The largest absolute Gasteiger partial charge is 0.345 e. The number of rotatable bonds is 2. The molecule has 4 heterocycles. The zero-order valence-electron chi connectivity index (χ0n) is 16.9. The van der Waals surface area contributed by atoms with Gasteiger partial charge in [-0.05, 0) is 55.3 Å². The normalized spacial score (nSPS) is 17.7. The summed E-state index contributed by atoms with van der Waals surface area (Å²) in [5, 5.41) is 8.77. The maximum absolute atomic E-state index is 12.7. The van der Waals surface area contributed by atoms with Crippen molar-refractivity contribution < 1.29 is 4.79 Å². The van der Waals surface area contributed by atoms with Gasteiger partial charge in [0.1, 0.15) is 5.65 Å². The fourth-order valence-corrected chi connectivity index (χ4v) is 5.20. The fraction of sp³-hybridized carbons (Fsp3) is 0.292. The molecule has 6 heteroatoms. The molecular formula is C24H23N5O. The molecule has 1 spiro atoms. The van der Waals surface area contributed by atoms with E-state index in [0.717, 1.165) is 64.9 Å². The average molecular weight is 397 g/mol. The molecule has 0 saturated carbocycles. The molecule has 1 fully saturated rings. The van der Waals surface area contributed by atoms with Crippen molar-refractivity contribution in [1.82, 2.24) is 25.1 Å². The highest BCUT2D eigenvalue weighted by Crippen LogP contribution is 2.46. The fourth-order valence-electron chi connectivity index (χ4n) is 5.20. The first-order valence-electron chi connectivity index (χ1n) is 10.5. The molecule has 1 aromatic carbocycles. The van der Waals surface area contributed by atoms with Crippen LogP contribution in [0.1, 0.15) is 35.2 Å². The standard InChI is InChI=1S/C24H23N5O/c1-29-14-16(12-27-29)21-5-4-17-19(13-26-23(17)28-21)15-2-3-18-20(10-15)24(11-22(18)30)6-8-25-9-7-24/h2-5,10,12-14,25H,6-9,11H2,1H3,(H,26,28). The second-order valence-electron chi connectivity index (χ2n) is 8.59. The highest BCUT2D eigenvalue weighted by molar-refractivity contribution is 6.03. The Labute approximate surface area is 174 Å². The Morgan fingerprint density at radius 3 is 2.73 bits per heavy atom. The van der Waals surface area contributed by atoms with Crippen molar-refractivity contribution in [2.45, 2.75) is 24.7 Å². The molecule has 0 atom stereocenters. The van der Waals surface area contributed by atoms with Crippen LogP contribution in [0.2, 0.25) is 0 Å². The van der Waals surface area contributed by atoms with Crippen LogP contribution in [0.15, 0.2) is 48.9 Å². The maximum Gasteiger partial charge on any atom is 0.164 e. The first-order chi connectivity index (χ1) is 14.6. The lowest BCUT2D eigenvalue weighted by molar-refractivity contribution is 0.0964. The Hall–Kier alpha value is -3.25. The molecule has 0 bridgehead atoms. The van der Waals surface area contributed by atoms with Crippen LogP contribution in [-0.2, 0) is 12.5 Å². The van der Waals surface area contributed by atoms with E-state index in [1.165, 1.54) is 5.56 Å². The van der Waals surface area contributed by atoms with Gasteiger partial charge in [0.15, 0.2) is 5.78 Å². The lowest BCUT2D eigenvalue weighted by Crippen LogP contribution is -2.38. The lowest BCUT2D eigenvalue weighted by Gasteiger charge is -2.34. The number of aromatic amines is 1. The minimum absolute atomic E-state index is 0.00547. The Balaban J connectivity index is 1.44. The van der Waals surface area contributed by atoms with E-state index < -0.39 is 0 Å². The van der Waals surface area contributed by atoms with E-state index in [2.05, 4.69) is 33.6 Å². The minimum atomic E-state index is 0.00547. The molecule has 1 aliphatic heterocycles. The number of benzene rings is 1. The SMILES string of the molecule is Cn1cc(-c2ccc3c(-c4ccc5c(c4)C4(CCNCC4)CC5=O)c[nH]c3n2)cn1. The van der Waals surface area contributed by atoms with Crippen LogP contribution in [0, 0.1) is 0 Å². The number of Topliss-reactive ketones (excluding diaryl/α,β-unsaturated/α-hetero) is 1. The molecule has 0 unspecified atom stereocenters. The average Bonchev–Trinajstić information content (AvgIpc) is 3.45. The molecular weight excluding hydrogens is 374 g/mol. The third-order valence-corrected chi connectivity index (χ3v) is 6.80. The zero-order chi connectivity index (χ0) is 20.3. The molecule has 0 radical (unpaired) electrons. The van der Waals surface area contributed by atoms with Gasteiger partial charge in [-0.15, -0.1) is 0 Å². The van der Waals surface area contributed by atoms with Gasteiger partial charge >= 0.3 is 0 Å². The molecule has 1 aliphatic carbocycles. The third kappa shape index (κ3) is 2.57. The monoisotopic (exact) mass is 397 g/mol. The summed E-state index contributed by atoms with van der Waals surface area (Å²) in [7, 11) is 1.91. The van der Waals surface area contributed by atoms with Crippen molar-refractivity contribution in [2.75, 3.05) is 13.1 Å². The number of ketones is 1. The van der Waals surface area contributed by atoms with E-state index in [-0.39, 0.29) is 5.41 Å². The van der Waals surface area contributed by atoms with Crippen LogP contribution >= 0.6 is 0 Å². The van der Waals surface area contributed by atoms with Crippen molar-refractivity contribution >= 4 is 16.8 Å². The van der Waals surface area contributed by atoms with Gasteiger partial charge in [0.2, 0.25) is 0 Å². The molecule has 0 amide bonds. The summed E-state index contributed by atoms with van der Waals surface area (Å²) in [6.45, 7) is 1.95. The zero-order valence-corrected chi connectivity index (χ0v) is 16.9. The van der Waals surface area contributed by atoms with Gasteiger partial charge in [-0.1, -0.05) is 12.1 Å². The van der Waals surface area contributed by atoms with Crippen LogP contribution in [0.3, 0.4) is 0 Å². The van der Waals surface area contributed by atoms with Crippen molar-refractivity contribution in [3.8, 4) is 22.4 Å². The minimum Gasteiger partial charge on any atom is -0.345 e. The van der Waals surface area contributed by atoms with E-state index in [0.29, 0.717) is 12.2 Å². The summed E-state index contributed by atoms with van der Waals surface area (Å²) in [6, 6.07) is 10.5. The van der Waals surface area contributed by atoms with E-state index in [9.17, 15) is 4.79 Å². The number of carbonyl (C=O) groups excluding carboxylic acids is 1. The van der Waals surface area contributed by atoms with Crippen molar-refractivity contribution in [3.05, 3.63) is 60.0 Å². The first-order valence-corrected chi connectivity index (χ1v) is 10.5. The van der Waals surface area contributed by atoms with Gasteiger partial charge < -0.3 is 10.3 Å². The first kappa shape index (κ1) is 17.6. The van der Waals surface area contributed by atoms with E-state index in [1.54, 1.807) is 4.68 Å². The second kappa shape index (κ2) is 6.37. The molecule has 3 aromatic heterocycles. The summed E-state index contributed by atoms with van der Waals surface area (Å²) in [5.41, 5.74) is 7.19. The number of H-pyrrole nitrogens is 1. The Morgan fingerprint density at radius 1 is 1.07 bits per heavy atom. The predicted octanol–water partition coefficient (Wildman–Crippen LogP) is 3.84. The maximum atomic E-state index is 12.7. The number of aromatic nitrogens is 4. The van der Waals surface area contributed by atoms with Crippen LogP contribution in [-0.4, -0.2) is 38.6 Å².